The van der Waals surface area contributed by atoms with Gasteiger partial charge in [0.25, 0.3) is 0 Å². The number of benzene rings is 1. The topological polar surface area (TPSA) is 0 Å². The van der Waals surface area contributed by atoms with Crippen molar-refractivity contribution >= 4 is 15.9 Å². The minimum absolute atomic E-state index is 0.0152. The van der Waals surface area contributed by atoms with Crippen molar-refractivity contribution in [2.24, 2.45) is 11.3 Å². The fraction of sp³-hybridized carbons (Fsp3) is 0.538. The number of alkyl halides is 1. The normalized spacial score (nSPS) is 15.2. The van der Waals surface area contributed by atoms with Crippen molar-refractivity contribution < 1.29 is 8.78 Å². The van der Waals surface area contributed by atoms with E-state index in [-0.39, 0.29) is 5.41 Å². The van der Waals surface area contributed by atoms with Crippen LogP contribution in [0, 0.1) is 23.0 Å². The van der Waals surface area contributed by atoms with E-state index < -0.39 is 11.6 Å². The number of halogens is 3. The average molecular weight is 291 g/mol. The van der Waals surface area contributed by atoms with Crippen molar-refractivity contribution in [1.82, 2.24) is 0 Å². The lowest BCUT2D eigenvalue weighted by Crippen LogP contribution is -2.28. The standard InChI is InChI=1S/C13H17BrF2/c1-9(2)13(3,8-14)7-10-4-5-11(15)6-12(10)16/h4-6,9H,7-8H2,1-3H3. The second-order valence-electron chi connectivity index (χ2n) is 4.85. The van der Waals surface area contributed by atoms with Crippen LogP contribution in [0.2, 0.25) is 0 Å². The van der Waals surface area contributed by atoms with Crippen LogP contribution in [0.5, 0.6) is 0 Å². The van der Waals surface area contributed by atoms with Gasteiger partial charge >= 0.3 is 0 Å². The Kier molecular flexibility index (Phi) is 4.48. The Hall–Kier alpha value is -0.440. The largest absolute Gasteiger partial charge is 0.207 e. The predicted molar refractivity (Wildman–Crippen MR) is 66.8 cm³/mol. The molecule has 16 heavy (non-hydrogen) atoms. The second-order valence-corrected chi connectivity index (χ2v) is 5.42. The van der Waals surface area contributed by atoms with E-state index in [1.807, 2.05) is 0 Å². The monoisotopic (exact) mass is 290 g/mol. The van der Waals surface area contributed by atoms with Gasteiger partial charge in [0.1, 0.15) is 11.6 Å². The van der Waals surface area contributed by atoms with Gasteiger partial charge in [0.2, 0.25) is 0 Å². The molecule has 1 rings (SSSR count). The van der Waals surface area contributed by atoms with Crippen LogP contribution < -0.4 is 0 Å². The first-order valence-corrected chi connectivity index (χ1v) is 6.51. The summed E-state index contributed by atoms with van der Waals surface area (Å²) in [7, 11) is 0. The highest BCUT2D eigenvalue weighted by Crippen LogP contribution is 2.33. The van der Waals surface area contributed by atoms with E-state index in [0.29, 0.717) is 17.9 Å². The fourth-order valence-electron chi connectivity index (χ4n) is 1.51. The van der Waals surface area contributed by atoms with Crippen LogP contribution in [0.4, 0.5) is 8.78 Å². The molecule has 90 valence electrons. The minimum atomic E-state index is -0.522. The molecule has 0 nitrogen and oxygen atoms in total. The molecule has 0 heterocycles. The fourth-order valence-corrected chi connectivity index (χ4v) is 2.35. The quantitative estimate of drug-likeness (QED) is 0.713. The molecule has 0 aromatic heterocycles. The third kappa shape index (κ3) is 3.03. The van der Waals surface area contributed by atoms with Crippen molar-refractivity contribution in [3.8, 4) is 0 Å². The Bertz CT molecular complexity index is 363. The van der Waals surface area contributed by atoms with Crippen molar-refractivity contribution in [3.63, 3.8) is 0 Å². The minimum Gasteiger partial charge on any atom is -0.207 e. The molecule has 1 aromatic rings. The summed E-state index contributed by atoms with van der Waals surface area (Å²) in [5.74, 6) is -0.546. The summed E-state index contributed by atoms with van der Waals surface area (Å²) in [5, 5.41) is 0.800. The van der Waals surface area contributed by atoms with Gasteiger partial charge in [0.15, 0.2) is 0 Å². The average Bonchev–Trinajstić information content (AvgIpc) is 2.22. The van der Waals surface area contributed by atoms with Gasteiger partial charge in [-0.1, -0.05) is 42.8 Å². The zero-order valence-corrected chi connectivity index (χ0v) is 11.4. The molecule has 0 N–H and O–H groups in total. The van der Waals surface area contributed by atoms with Crippen molar-refractivity contribution in [3.05, 3.63) is 35.4 Å². The molecule has 0 aliphatic carbocycles. The van der Waals surface area contributed by atoms with Crippen LogP contribution >= 0.6 is 15.9 Å². The highest BCUT2D eigenvalue weighted by atomic mass is 79.9. The van der Waals surface area contributed by atoms with Gasteiger partial charge in [-0.05, 0) is 29.4 Å². The van der Waals surface area contributed by atoms with Crippen molar-refractivity contribution in [2.75, 3.05) is 5.33 Å². The SMILES string of the molecule is CC(C)C(C)(CBr)Cc1ccc(F)cc1F. The molecular weight excluding hydrogens is 274 g/mol. The molecule has 0 saturated carbocycles. The third-order valence-corrected chi connectivity index (χ3v) is 4.59. The maximum atomic E-state index is 13.5. The van der Waals surface area contributed by atoms with Gasteiger partial charge in [0, 0.05) is 11.4 Å². The Morgan fingerprint density at radius 2 is 1.94 bits per heavy atom. The van der Waals surface area contributed by atoms with E-state index in [9.17, 15) is 8.78 Å². The summed E-state index contributed by atoms with van der Waals surface area (Å²) in [5.41, 5.74) is 0.565. The molecule has 0 saturated heterocycles. The van der Waals surface area contributed by atoms with Crippen LogP contribution in [0.15, 0.2) is 18.2 Å². The van der Waals surface area contributed by atoms with Crippen molar-refractivity contribution in [1.29, 1.82) is 0 Å². The lowest BCUT2D eigenvalue weighted by atomic mass is 9.76. The highest BCUT2D eigenvalue weighted by molar-refractivity contribution is 9.09. The summed E-state index contributed by atoms with van der Waals surface area (Å²) in [6.45, 7) is 6.33. The van der Waals surface area contributed by atoms with E-state index >= 15 is 0 Å². The first-order chi connectivity index (χ1) is 7.39. The first-order valence-electron chi connectivity index (χ1n) is 5.39. The van der Waals surface area contributed by atoms with Crippen LogP contribution in [0.3, 0.4) is 0 Å². The summed E-state index contributed by atoms with van der Waals surface area (Å²) >= 11 is 3.47. The summed E-state index contributed by atoms with van der Waals surface area (Å²) < 4.78 is 26.3. The lowest BCUT2D eigenvalue weighted by molar-refractivity contribution is 0.255. The molecule has 0 fully saturated rings. The Balaban J connectivity index is 2.95. The summed E-state index contributed by atoms with van der Waals surface area (Å²) in [4.78, 5) is 0. The van der Waals surface area contributed by atoms with Crippen LogP contribution in [-0.4, -0.2) is 5.33 Å². The van der Waals surface area contributed by atoms with Crippen molar-refractivity contribution in [2.45, 2.75) is 27.2 Å². The third-order valence-electron chi connectivity index (χ3n) is 3.31. The smallest absolute Gasteiger partial charge is 0.129 e. The first kappa shape index (κ1) is 13.6. The summed E-state index contributed by atoms with van der Waals surface area (Å²) in [6, 6.07) is 3.80. The number of rotatable bonds is 4. The Morgan fingerprint density at radius 1 is 1.31 bits per heavy atom. The van der Waals surface area contributed by atoms with E-state index in [2.05, 4.69) is 36.7 Å². The molecule has 0 aliphatic rings. The molecule has 3 heteroatoms. The van der Waals surface area contributed by atoms with E-state index in [1.54, 1.807) is 0 Å². The number of hydrogen-bond donors (Lipinski definition) is 0. The molecule has 0 bridgehead atoms. The molecule has 0 spiro atoms. The van der Waals surface area contributed by atoms with Crippen LogP contribution in [0.25, 0.3) is 0 Å². The molecule has 0 amide bonds. The van der Waals surface area contributed by atoms with Gasteiger partial charge in [-0.15, -0.1) is 0 Å². The molecule has 0 aliphatic heterocycles. The van der Waals surface area contributed by atoms with E-state index in [0.717, 1.165) is 11.4 Å². The predicted octanol–water partition coefficient (Wildman–Crippen LogP) is 4.56. The van der Waals surface area contributed by atoms with Gasteiger partial charge < -0.3 is 0 Å². The van der Waals surface area contributed by atoms with Gasteiger partial charge in [-0.25, -0.2) is 8.78 Å². The zero-order chi connectivity index (χ0) is 12.3. The molecule has 1 atom stereocenters. The molecule has 1 unspecified atom stereocenters. The van der Waals surface area contributed by atoms with Gasteiger partial charge in [-0.2, -0.15) is 0 Å². The van der Waals surface area contributed by atoms with Crippen LogP contribution in [0.1, 0.15) is 26.3 Å². The molecule has 0 radical (unpaired) electrons. The van der Waals surface area contributed by atoms with Gasteiger partial charge in [-0.3, -0.25) is 0 Å². The Labute approximate surface area is 104 Å². The molecule has 1 aromatic carbocycles. The second kappa shape index (κ2) is 5.26. The maximum absolute atomic E-state index is 13.5. The Morgan fingerprint density at radius 3 is 2.38 bits per heavy atom. The van der Waals surface area contributed by atoms with Gasteiger partial charge in [0.05, 0.1) is 0 Å². The number of hydrogen-bond acceptors (Lipinski definition) is 0. The molecular formula is C13H17BrF2. The summed E-state index contributed by atoms with van der Waals surface area (Å²) in [6.07, 6.45) is 0.613. The van der Waals surface area contributed by atoms with Crippen LogP contribution in [-0.2, 0) is 6.42 Å². The lowest BCUT2D eigenvalue weighted by Gasteiger charge is -2.32. The maximum Gasteiger partial charge on any atom is 0.129 e. The van der Waals surface area contributed by atoms with E-state index in [4.69, 9.17) is 0 Å². The van der Waals surface area contributed by atoms with E-state index in [1.165, 1.54) is 12.1 Å². The highest BCUT2D eigenvalue weighted by Gasteiger charge is 2.28. The zero-order valence-electron chi connectivity index (χ0n) is 9.86.